The molecule has 0 aliphatic heterocycles. The number of benzene rings is 1. The molecule has 19 heavy (non-hydrogen) atoms. The molecule has 1 heterocycles. The van der Waals surface area contributed by atoms with Gasteiger partial charge < -0.3 is 5.11 Å². The molecule has 0 saturated carbocycles. The standard InChI is InChI=1S/C10H9N5O3S/c1-6-12-13-10(19)14(6)11-5-7-4-8(15(17)18)2-3-9(7)16/h2-5,16H,1H3,(H,13,19)/b11-5+. The van der Waals surface area contributed by atoms with E-state index < -0.39 is 4.92 Å². The van der Waals surface area contributed by atoms with Gasteiger partial charge in [0.1, 0.15) is 11.6 Å². The Bertz CT molecular complexity index is 718. The maximum Gasteiger partial charge on any atom is 0.270 e. The Balaban J connectivity index is 2.41. The van der Waals surface area contributed by atoms with Crippen LogP contribution in [0.4, 0.5) is 5.69 Å². The van der Waals surface area contributed by atoms with E-state index in [1.807, 2.05) is 0 Å². The lowest BCUT2D eigenvalue weighted by atomic mass is 10.2. The van der Waals surface area contributed by atoms with Crippen LogP contribution in [0.15, 0.2) is 23.3 Å². The number of nitrogens with zero attached hydrogens (tertiary/aromatic N) is 4. The number of aromatic nitrogens is 3. The fraction of sp³-hybridized carbons (Fsp3) is 0.100. The van der Waals surface area contributed by atoms with Gasteiger partial charge in [-0.2, -0.15) is 14.9 Å². The highest BCUT2D eigenvalue weighted by Gasteiger charge is 2.09. The number of phenolic OH excluding ortho intramolecular Hbond substituents is 1. The Morgan fingerprint density at radius 1 is 1.63 bits per heavy atom. The quantitative estimate of drug-likeness (QED) is 0.385. The van der Waals surface area contributed by atoms with Crippen LogP contribution in [-0.2, 0) is 0 Å². The molecular weight excluding hydrogens is 270 g/mol. The number of nitro benzene ring substituents is 1. The first kappa shape index (κ1) is 12.9. The molecule has 0 bridgehead atoms. The highest BCUT2D eigenvalue weighted by atomic mass is 32.1. The molecule has 0 aliphatic carbocycles. The molecule has 0 spiro atoms. The van der Waals surface area contributed by atoms with Gasteiger partial charge in [0, 0.05) is 17.7 Å². The van der Waals surface area contributed by atoms with Gasteiger partial charge in [-0.05, 0) is 25.2 Å². The fourth-order valence-electron chi connectivity index (χ4n) is 1.39. The van der Waals surface area contributed by atoms with E-state index in [0.717, 1.165) is 0 Å². The zero-order valence-electron chi connectivity index (χ0n) is 9.77. The molecule has 0 amide bonds. The third-order valence-electron chi connectivity index (χ3n) is 2.35. The molecule has 98 valence electrons. The number of nitrogens with one attached hydrogen (secondary N) is 1. The molecule has 1 aromatic carbocycles. The normalized spacial score (nSPS) is 11.0. The third kappa shape index (κ3) is 2.65. The SMILES string of the molecule is Cc1n[nH]c(=S)n1/N=C/c1cc([N+](=O)[O-])ccc1O. The number of aromatic hydroxyl groups is 1. The van der Waals surface area contributed by atoms with Crippen molar-refractivity contribution in [2.24, 2.45) is 5.10 Å². The van der Waals surface area contributed by atoms with Crippen molar-refractivity contribution >= 4 is 24.1 Å². The summed E-state index contributed by atoms with van der Waals surface area (Å²) in [4.78, 5) is 10.1. The maximum absolute atomic E-state index is 10.6. The summed E-state index contributed by atoms with van der Waals surface area (Å²) in [5.41, 5.74) is 0.0865. The first-order valence-electron chi connectivity index (χ1n) is 5.15. The largest absolute Gasteiger partial charge is 0.507 e. The molecule has 0 fully saturated rings. The number of aromatic amines is 1. The predicted octanol–water partition coefficient (Wildman–Crippen LogP) is 1.75. The lowest BCUT2D eigenvalue weighted by molar-refractivity contribution is -0.384. The van der Waals surface area contributed by atoms with Crippen LogP contribution in [0.1, 0.15) is 11.4 Å². The number of phenols is 1. The number of nitro groups is 1. The maximum atomic E-state index is 10.6. The molecule has 2 N–H and O–H groups in total. The van der Waals surface area contributed by atoms with E-state index in [4.69, 9.17) is 12.2 Å². The Labute approximate surface area is 112 Å². The number of rotatable bonds is 3. The summed E-state index contributed by atoms with van der Waals surface area (Å²) in [7, 11) is 0. The average Bonchev–Trinajstić information content (AvgIpc) is 2.68. The third-order valence-corrected chi connectivity index (χ3v) is 2.61. The van der Waals surface area contributed by atoms with Crippen LogP contribution < -0.4 is 0 Å². The zero-order valence-corrected chi connectivity index (χ0v) is 10.6. The van der Waals surface area contributed by atoms with E-state index >= 15 is 0 Å². The van der Waals surface area contributed by atoms with Gasteiger partial charge in [0.25, 0.3) is 5.69 Å². The van der Waals surface area contributed by atoms with Gasteiger partial charge in [-0.3, -0.25) is 15.2 Å². The Morgan fingerprint density at radius 3 is 2.95 bits per heavy atom. The van der Waals surface area contributed by atoms with Crippen LogP contribution >= 0.6 is 12.2 Å². The monoisotopic (exact) mass is 279 g/mol. The van der Waals surface area contributed by atoms with Crippen LogP contribution in [0, 0.1) is 21.8 Å². The van der Waals surface area contributed by atoms with Crippen molar-refractivity contribution in [3.8, 4) is 5.75 Å². The second-order valence-corrected chi connectivity index (χ2v) is 4.02. The van der Waals surface area contributed by atoms with E-state index in [1.54, 1.807) is 6.92 Å². The lowest BCUT2D eigenvalue weighted by Crippen LogP contribution is -1.95. The van der Waals surface area contributed by atoms with Crippen molar-refractivity contribution < 1.29 is 10.0 Å². The minimum absolute atomic E-state index is 0.109. The summed E-state index contributed by atoms with van der Waals surface area (Å²) in [5, 5.41) is 30.7. The van der Waals surface area contributed by atoms with Gasteiger partial charge >= 0.3 is 0 Å². The van der Waals surface area contributed by atoms with Crippen molar-refractivity contribution in [1.82, 2.24) is 14.9 Å². The molecule has 0 saturated heterocycles. The molecule has 0 aliphatic rings. The number of H-pyrrole nitrogens is 1. The highest BCUT2D eigenvalue weighted by Crippen LogP contribution is 2.21. The zero-order chi connectivity index (χ0) is 14.0. The molecule has 0 unspecified atom stereocenters. The van der Waals surface area contributed by atoms with Crippen LogP contribution in [0.3, 0.4) is 0 Å². The van der Waals surface area contributed by atoms with Crippen molar-refractivity contribution in [2.75, 3.05) is 0 Å². The molecule has 0 atom stereocenters. The summed E-state index contributed by atoms with van der Waals surface area (Å²) in [6, 6.07) is 3.67. The minimum Gasteiger partial charge on any atom is -0.507 e. The van der Waals surface area contributed by atoms with Crippen LogP contribution in [-0.4, -0.2) is 31.1 Å². The van der Waals surface area contributed by atoms with Gasteiger partial charge in [0.2, 0.25) is 4.77 Å². The van der Waals surface area contributed by atoms with Crippen LogP contribution in [0.5, 0.6) is 5.75 Å². The molecular formula is C10H9N5O3S. The minimum atomic E-state index is -0.550. The Hall–Kier alpha value is -2.55. The number of non-ortho nitro benzene ring substituents is 1. The summed E-state index contributed by atoms with van der Waals surface area (Å²) >= 11 is 4.95. The van der Waals surface area contributed by atoms with E-state index in [0.29, 0.717) is 10.6 Å². The summed E-state index contributed by atoms with van der Waals surface area (Å²) < 4.78 is 1.63. The highest BCUT2D eigenvalue weighted by molar-refractivity contribution is 7.71. The van der Waals surface area contributed by atoms with Gasteiger partial charge in [-0.25, -0.2) is 0 Å². The van der Waals surface area contributed by atoms with Gasteiger partial charge in [-0.15, -0.1) is 0 Å². The molecule has 9 heteroatoms. The summed E-state index contributed by atoms with van der Waals surface area (Å²) in [6.45, 7) is 1.69. The van der Waals surface area contributed by atoms with Crippen molar-refractivity contribution in [1.29, 1.82) is 0 Å². The summed E-state index contributed by atoms with van der Waals surface area (Å²) in [6.07, 6.45) is 1.28. The lowest BCUT2D eigenvalue weighted by Gasteiger charge is -1.99. The average molecular weight is 279 g/mol. The topological polar surface area (TPSA) is 109 Å². The number of aryl methyl sites for hydroxylation is 1. The van der Waals surface area contributed by atoms with Crippen molar-refractivity contribution in [3.05, 3.63) is 44.5 Å². The molecule has 2 aromatic rings. The van der Waals surface area contributed by atoms with E-state index in [-0.39, 0.29) is 17.0 Å². The number of hydrogen-bond donors (Lipinski definition) is 2. The first-order chi connectivity index (χ1) is 8.99. The smallest absolute Gasteiger partial charge is 0.270 e. The molecule has 0 radical (unpaired) electrons. The fourth-order valence-corrected chi connectivity index (χ4v) is 1.61. The van der Waals surface area contributed by atoms with Crippen LogP contribution in [0.2, 0.25) is 0 Å². The molecule has 2 rings (SSSR count). The summed E-state index contributed by atoms with van der Waals surface area (Å²) in [5.74, 6) is 0.424. The molecule has 1 aromatic heterocycles. The van der Waals surface area contributed by atoms with Gasteiger partial charge in [0.15, 0.2) is 0 Å². The predicted molar refractivity (Wildman–Crippen MR) is 69.9 cm³/mol. The second kappa shape index (κ2) is 4.98. The van der Waals surface area contributed by atoms with Gasteiger partial charge in [0.05, 0.1) is 11.1 Å². The van der Waals surface area contributed by atoms with Crippen molar-refractivity contribution in [2.45, 2.75) is 6.92 Å². The van der Waals surface area contributed by atoms with E-state index in [9.17, 15) is 15.2 Å². The molecule has 8 nitrogen and oxygen atoms in total. The second-order valence-electron chi connectivity index (χ2n) is 3.63. The Morgan fingerprint density at radius 2 is 2.37 bits per heavy atom. The van der Waals surface area contributed by atoms with Gasteiger partial charge in [-0.1, -0.05) is 0 Å². The van der Waals surface area contributed by atoms with E-state index in [1.165, 1.54) is 29.1 Å². The number of hydrogen-bond acceptors (Lipinski definition) is 6. The first-order valence-corrected chi connectivity index (χ1v) is 5.55. The Kier molecular flexibility index (Phi) is 3.38. The van der Waals surface area contributed by atoms with E-state index in [2.05, 4.69) is 15.3 Å². The van der Waals surface area contributed by atoms with Crippen LogP contribution in [0.25, 0.3) is 0 Å². The van der Waals surface area contributed by atoms with Crippen molar-refractivity contribution in [3.63, 3.8) is 0 Å².